The molecule has 0 bridgehead atoms. The number of alkyl carbamates (subject to hydrolysis) is 1. The molecule has 1 saturated heterocycles. The lowest BCUT2D eigenvalue weighted by atomic mass is 9.85. The molecule has 4 rings (SSSR count). The summed E-state index contributed by atoms with van der Waals surface area (Å²) in [5, 5.41) is 2.76. The van der Waals surface area contributed by atoms with Gasteiger partial charge in [-0.15, -0.1) is 0 Å². The summed E-state index contributed by atoms with van der Waals surface area (Å²) in [7, 11) is 1.60. The Hall–Kier alpha value is -3.43. The average molecular weight is 555 g/mol. The number of benzene rings is 1. The van der Waals surface area contributed by atoms with Gasteiger partial charge in [-0.1, -0.05) is 47.5 Å². The number of nitrogens with zero attached hydrogens (tertiary/aromatic N) is 3. The van der Waals surface area contributed by atoms with Crippen molar-refractivity contribution in [2.75, 3.05) is 13.7 Å². The highest BCUT2D eigenvalue weighted by atomic mass is 16.6. The number of ether oxygens (including phenoxy) is 3. The van der Waals surface area contributed by atoms with Crippen molar-refractivity contribution in [1.82, 2.24) is 20.2 Å². The van der Waals surface area contributed by atoms with Crippen molar-refractivity contribution in [3.63, 3.8) is 0 Å². The van der Waals surface area contributed by atoms with Gasteiger partial charge in [0.2, 0.25) is 11.8 Å². The molecule has 2 fully saturated rings. The van der Waals surface area contributed by atoms with Gasteiger partial charge in [0.25, 0.3) is 0 Å². The third kappa shape index (κ3) is 7.01. The van der Waals surface area contributed by atoms with Gasteiger partial charge in [0.1, 0.15) is 36.0 Å². The minimum Gasteiger partial charge on any atom is -0.497 e. The molecule has 10 nitrogen and oxygen atoms in total. The van der Waals surface area contributed by atoms with E-state index in [1.54, 1.807) is 7.11 Å². The molecule has 1 N–H and O–H groups in total. The number of methoxy groups -OCH3 is 1. The number of hydrogen-bond donors (Lipinski definition) is 1. The molecule has 0 spiro atoms. The molecular formula is C30H42N4O6. The van der Waals surface area contributed by atoms with Crippen molar-refractivity contribution in [2.24, 2.45) is 11.3 Å². The van der Waals surface area contributed by atoms with Crippen LogP contribution in [0.25, 0.3) is 11.0 Å². The van der Waals surface area contributed by atoms with E-state index in [2.05, 4.69) is 12.2 Å². The highest BCUT2D eigenvalue weighted by Crippen LogP contribution is 2.33. The Bertz CT molecular complexity index is 1230. The standard InChI is InChI=1S/C30H42N4O6/c1-7-8-9-10-23-27(32-24-15-20(38-6)11-12-22(24)31-23)39-21-14-19(17-35)34(16-21)28(36)26(30(3,4)5)33-29(37)40-25-13-18(25)2/h11-12,15,17-19,21,25-26H,7-10,13-14,16H2,1-6H3,(H,33,37)/t18?,19-,21+,25+,26?/m0/s1. The molecule has 1 aromatic heterocycles. The second kappa shape index (κ2) is 12.4. The summed E-state index contributed by atoms with van der Waals surface area (Å²) in [5.74, 6) is 1.07. The Kier molecular flexibility index (Phi) is 9.15. The molecular weight excluding hydrogens is 512 g/mol. The van der Waals surface area contributed by atoms with Crippen LogP contribution in [0.15, 0.2) is 18.2 Å². The zero-order valence-electron chi connectivity index (χ0n) is 24.4. The Morgan fingerprint density at radius 1 is 1.18 bits per heavy atom. The maximum Gasteiger partial charge on any atom is 0.408 e. The van der Waals surface area contributed by atoms with Gasteiger partial charge in [0.05, 0.1) is 30.7 Å². The molecule has 2 aliphatic rings. The molecule has 0 radical (unpaired) electrons. The van der Waals surface area contributed by atoms with Crippen LogP contribution in [0.3, 0.4) is 0 Å². The summed E-state index contributed by atoms with van der Waals surface area (Å²) in [6.07, 6.45) is 4.52. The van der Waals surface area contributed by atoms with Crippen LogP contribution in [-0.2, 0) is 20.7 Å². The fourth-order valence-electron chi connectivity index (χ4n) is 4.99. The van der Waals surface area contributed by atoms with E-state index in [9.17, 15) is 14.4 Å². The lowest BCUT2D eigenvalue weighted by Crippen LogP contribution is -2.56. The highest BCUT2D eigenvalue weighted by molar-refractivity contribution is 5.89. The largest absolute Gasteiger partial charge is 0.497 e. The number of amides is 2. The molecule has 2 unspecified atom stereocenters. The summed E-state index contributed by atoms with van der Waals surface area (Å²) in [6, 6.07) is 3.99. The molecule has 1 aliphatic carbocycles. The maximum absolute atomic E-state index is 13.7. The molecule has 2 amide bonds. The lowest BCUT2D eigenvalue weighted by Gasteiger charge is -2.34. The van der Waals surface area contributed by atoms with E-state index in [0.29, 0.717) is 35.9 Å². The van der Waals surface area contributed by atoms with E-state index >= 15 is 0 Å². The first kappa shape index (κ1) is 29.6. The number of aryl methyl sites for hydroxylation is 1. The van der Waals surface area contributed by atoms with Crippen molar-refractivity contribution >= 4 is 29.3 Å². The third-order valence-corrected chi connectivity index (χ3v) is 7.62. The zero-order chi connectivity index (χ0) is 29.0. The summed E-state index contributed by atoms with van der Waals surface area (Å²) < 4.78 is 17.2. The number of aldehydes is 1. The summed E-state index contributed by atoms with van der Waals surface area (Å²) in [4.78, 5) is 49.5. The summed E-state index contributed by atoms with van der Waals surface area (Å²) in [6.45, 7) is 9.96. The van der Waals surface area contributed by atoms with E-state index in [1.807, 2.05) is 45.9 Å². The molecule has 1 aromatic carbocycles. The van der Waals surface area contributed by atoms with Gasteiger partial charge in [-0.05, 0) is 42.7 Å². The summed E-state index contributed by atoms with van der Waals surface area (Å²) in [5.41, 5.74) is 1.55. The Morgan fingerprint density at radius 3 is 2.55 bits per heavy atom. The van der Waals surface area contributed by atoms with Crippen LogP contribution in [-0.4, -0.2) is 71.1 Å². The molecule has 1 saturated carbocycles. The number of fused-ring (bicyclic) bond motifs is 1. The SMILES string of the molecule is CCCCCc1nc2ccc(OC)cc2nc1O[C@@H]1C[C@@H](C=O)N(C(=O)C(NC(=O)O[C@@H]2CC2C)C(C)(C)C)C1. The predicted octanol–water partition coefficient (Wildman–Crippen LogP) is 4.47. The number of carbonyl (C=O) groups excluding carboxylic acids is 3. The first-order valence-electron chi connectivity index (χ1n) is 14.3. The number of rotatable bonds is 11. The van der Waals surface area contributed by atoms with Gasteiger partial charge in [0, 0.05) is 12.5 Å². The third-order valence-electron chi connectivity index (χ3n) is 7.62. The predicted molar refractivity (Wildman–Crippen MR) is 150 cm³/mol. The highest BCUT2D eigenvalue weighted by Gasteiger charge is 2.44. The molecule has 2 aromatic rings. The fraction of sp³-hybridized carbons (Fsp3) is 0.633. The zero-order valence-corrected chi connectivity index (χ0v) is 24.4. The smallest absolute Gasteiger partial charge is 0.408 e. The first-order valence-corrected chi connectivity index (χ1v) is 14.3. The molecule has 5 atom stereocenters. The average Bonchev–Trinajstić information content (AvgIpc) is 3.44. The monoisotopic (exact) mass is 554 g/mol. The summed E-state index contributed by atoms with van der Waals surface area (Å²) >= 11 is 0. The topological polar surface area (TPSA) is 120 Å². The number of hydrogen-bond acceptors (Lipinski definition) is 8. The Labute approximate surface area is 236 Å². The molecule has 10 heteroatoms. The van der Waals surface area contributed by atoms with Crippen LogP contribution >= 0.6 is 0 Å². The van der Waals surface area contributed by atoms with Gasteiger partial charge in [-0.2, -0.15) is 0 Å². The number of likely N-dealkylation sites (tertiary alicyclic amines) is 1. The van der Waals surface area contributed by atoms with Gasteiger partial charge in [-0.25, -0.2) is 14.8 Å². The molecule has 40 heavy (non-hydrogen) atoms. The van der Waals surface area contributed by atoms with E-state index in [-0.39, 0.29) is 18.6 Å². The van der Waals surface area contributed by atoms with Crippen molar-refractivity contribution in [3.8, 4) is 11.6 Å². The Balaban J connectivity index is 1.53. The number of aromatic nitrogens is 2. The lowest BCUT2D eigenvalue weighted by molar-refractivity contribution is -0.139. The maximum atomic E-state index is 13.7. The van der Waals surface area contributed by atoms with Gasteiger partial charge < -0.3 is 29.2 Å². The molecule has 2 heterocycles. The van der Waals surface area contributed by atoms with Crippen molar-refractivity contribution in [2.45, 2.75) is 97.4 Å². The van der Waals surface area contributed by atoms with Crippen molar-refractivity contribution < 1.29 is 28.6 Å². The molecule has 1 aliphatic heterocycles. The van der Waals surface area contributed by atoms with E-state index in [0.717, 1.165) is 43.2 Å². The van der Waals surface area contributed by atoms with Gasteiger partial charge in [-0.3, -0.25) is 4.79 Å². The normalized spacial score (nSPS) is 23.0. The van der Waals surface area contributed by atoms with E-state index < -0.39 is 29.7 Å². The van der Waals surface area contributed by atoms with Crippen LogP contribution in [0.5, 0.6) is 11.6 Å². The second-order valence-corrected chi connectivity index (χ2v) is 12.1. The minimum atomic E-state index is -0.868. The Morgan fingerprint density at radius 2 is 1.93 bits per heavy atom. The van der Waals surface area contributed by atoms with Crippen molar-refractivity contribution in [1.29, 1.82) is 0 Å². The second-order valence-electron chi connectivity index (χ2n) is 12.1. The van der Waals surface area contributed by atoms with Crippen LogP contribution < -0.4 is 14.8 Å². The van der Waals surface area contributed by atoms with Crippen LogP contribution in [0.2, 0.25) is 0 Å². The van der Waals surface area contributed by atoms with Crippen LogP contribution in [0, 0.1) is 11.3 Å². The number of unbranched alkanes of at least 4 members (excludes halogenated alkanes) is 2. The van der Waals surface area contributed by atoms with Gasteiger partial charge in [0.15, 0.2) is 0 Å². The number of carbonyl (C=O) groups is 3. The van der Waals surface area contributed by atoms with Crippen LogP contribution in [0.1, 0.15) is 72.4 Å². The molecule has 218 valence electrons. The van der Waals surface area contributed by atoms with E-state index in [1.165, 1.54) is 4.90 Å². The van der Waals surface area contributed by atoms with Gasteiger partial charge >= 0.3 is 6.09 Å². The van der Waals surface area contributed by atoms with Crippen LogP contribution in [0.4, 0.5) is 4.79 Å². The number of nitrogens with one attached hydrogen (secondary N) is 1. The van der Waals surface area contributed by atoms with E-state index in [4.69, 9.17) is 24.2 Å². The first-order chi connectivity index (χ1) is 19.0. The quantitative estimate of drug-likeness (QED) is 0.319. The fourth-order valence-corrected chi connectivity index (χ4v) is 4.99. The minimum absolute atomic E-state index is 0.113. The van der Waals surface area contributed by atoms with Crippen molar-refractivity contribution in [3.05, 3.63) is 23.9 Å².